The maximum absolute atomic E-state index is 4.69. The van der Waals surface area contributed by atoms with Crippen molar-refractivity contribution in [3.05, 3.63) is 30.1 Å². The third kappa shape index (κ3) is 3.52. The number of hydrogen-bond donors (Lipinski definition) is 2. The van der Waals surface area contributed by atoms with E-state index in [-0.39, 0.29) is 0 Å². The number of aromatic nitrogens is 1. The number of nitrogens with one attached hydrogen (secondary N) is 1. The molecule has 0 fully saturated rings. The Bertz CT molecular complexity index is 321. The number of hydrogen-bond acceptors (Lipinski definition) is 3. The van der Waals surface area contributed by atoms with E-state index in [0.29, 0.717) is 4.32 Å². The van der Waals surface area contributed by atoms with E-state index in [1.165, 1.54) is 0 Å². The van der Waals surface area contributed by atoms with Crippen LogP contribution < -0.4 is 5.43 Å². The fraction of sp³-hybridized carbons (Fsp3) is 0.125. The second-order valence-corrected chi connectivity index (χ2v) is 3.49. The molecule has 0 bridgehead atoms. The van der Waals surface area contributed by atoms with Crippen LogP contribution in [0.25, 0.3) is 0 Å². The van der Waals surface area contributed by atoms with E-state index < -0.39 is 0 Å². The molecule has 0 aliphatic heterocycles. The summed E-state index contributed by atoms with van der Waals surface area (Å²) < 4.78 is 0.343. The predicted octanol–water partition coefficient (Wildman–Crippen LogP) is 1.61. The molecule has 0 aliphatic rings. The molecular formula is C8H9N3S2. The number of thiocarbonyl (C=S) groups is 1. The van der Waals surface area contributed by atoms with Crippen LogP contribution in [0.15, 0.2) is 29.5 Å². The van der Waals surface area contributed by atoms with E-state index in [2.05, 4.69) is 40.4 Å². The average molecular weight is 211 g/mol. The lowest BCUT2D eigenvalue weighted by Crippen LogP contribution is -2.11. The summed E-state index contributed by atoms with van der Waals surface area (Å²) in [5.41, 5.74) is 4.18. The number of hydrazone groups is 1. The van der Waals surface area contributed by atoms with Crippen molar-refractivity contribution in [1.82, 2.24) is 10.4 Å². The normalized spacial score (nSPS) is 11.1. The number of pyridine rings is 1. The first-order valence-electron chi connectivity index (χ1n) is 3.65. The van der Waals surface area contributed by atoms with Gasteiger partial charge in [0, 0.05) is 6.20 Å². The molecule has 13 heavy (non-hydrogen) atoms. The van der Waals surface area contributed by atoms with Gasteiger partial charge in [-0.2, -0.15) is 5.10 Å². The first-order valence-corrected chi connectivity index (χ1v) is 4.50. The Hall–Kier alpha value is -0.940. The maximum atomic E-state index is 4.69. The molecule has 1 aromatic rings. The Balaban J connectivity index is 2.73. The lowest BCUT2D eigenvalue weighted by atomic mass is 10.3. The van der Waals surface area contributed by atoms with E-state index in [0.717, 1.165) is 11.4 Å². The second-order valence-electron chi connectivity index (χ2n) is 2.33. The van der Waals surface area contributed by atoms with Gasteiger partial charge in [-0.3, -0.25) is 10.4 Å². The molecule has 1 heterocycles. The topological polar surface area (TPSA) is 37.3 Å². The molecule has 1 aromatic heterocycles. The van der Waals surface area contributed by atoms with Gasteiger partial charge in [0.25, 0.3) is 0 Å². The minimum Gasteiger partial charge on any atom is -0.262 e. The van der Waals surface area contributed by atoms with Crippen molar-refractivity contribution >= 4 is 34.9 Å². The molecule has 0 atom stereocenters. The van der Waals surface area contributed by atoms with Crippen LogP contribution in [0.4, 0.5) is 0 Å². The van der Waals surface area contributed by atoms with Gasteiger partial charge < -0.3 is 0 Å². The minimum absolute atomic E-state index is 0.343. The SMILES string of the molecule is CC(=NNC(=S)S)c1ccccn1. The fourth-order valence-electron chi connectivity index (χ4n) is 0.766. The van der Waals surface area contributed by atoms with Crippen molar-refractivity contribution < 1.29 is 0 Å². The zero-order valence-corrected chi connectivity index (χ0v) is 8.77. The van der Waals surface area contributed by atoms with Gasteiger partial charge in [-0.25, -0.2) is 0 Å². The fourth-order valence-corrected chi connectivity index (χ4v) is 0.861. The van der Waals surface area contributed by atoms with Crippen LogP contribution in [0, 0.1) is 0 Å². The zero-order chi connectivity index (χ0) is 9.68. The third-order valence-corrected chi connectivity index (χ3v) is 1.55. The monoisotopic (exact) mass is 211 g/mol. The molecule has 0 saturated carbocycles. The van der Waals surface area contributed by atoms with E-state index in [4.69, 9.17) is 0 Å². The summed E-state index contributed by atoms with van der Waals surface area (Å²) >= 11 is 8.57. The summed E-state index contributed by atoms with van der Waals surface area (Å²) in [5, 5.41) is 3.98. The highest BCUT2D eigenvalue weighted by molar-refractivity contribution is 8.11. The molecule has 0 radical (unpaired) electrons. The van der Waals surface area contributed by atoms with Gasteiger partial charge in [0.2, 0.25) is 0 Å². The summed E-state index contributed by atoms with van der Waals surface area (Å²) in [6.07, 6.45) is 1.72. The first-order chi connectivity index (χ1) is 6.20. The molecule has 68 valence electrons. The number of nitrogens with zero attached hydrogens (tertiary/aromatic N) is 2. The van der Waals surface area contributed by atoms with Gasteiger partial charge in [0.15, 0.2) is 4.32 Å². The Kier molecular flexibility index (Phi) is 3.85. The molecule has 1 N–H and O–H groups in total. The van der Waals surface area contributed by atoms with Crippen LogP contribution in [-0.4, -0.2) is 15.0 Å². The highest BCUT2D eigenvalue weighted by Gasteiger charge is 1.96. The van der Waals surface area contributed by atoms with Crippen molar-refractivity contribution in [3.63, 3.8) is 0 Å². The van der Waals surface area contributed by atoms with Gasteiger partial charge in [-0.05, 0) is 19.1 Å². The van der Waals surface area contributed by atoms with Crippen molar-refractivity contribution in [2.45, 2.75) is 6.92 Å². The van der Waals surface area contributed by atoms with Gasteiger partial charge in [-0.15, -0.1) is 12.6 Å². The third-order valence-electron chi connectivity index (χ3n) is 1.35. The highest BCUT2D eigenvalue weighted by atomic mass is 32.1. The minimum atomic E-state index is 0.343. The largest absolute Gasteiger partial charge is 0.262 e. The first kappa shape index (κ1) is 10.1. The molecular weight excluding hydrogens is 202 g/mol. The molecule has 0 spiro atoms. The summed E-state index contributed by atoms with van der Waals surface area (Å²) in [6.45, 7) is 1.85. The summed E-state index contributed by atoms with van der Waals surface area (Å²) in [5.74, 6) is 0. The van der Waals surface area contributed by atoms with Crippen molar-refractivity contribution in [1.29, 1.82) is 0 Å². The van der Waals surface area contributed by atoms with Gasteiger partial charge >= 0.3 is 0 Å². The van der Waals surface area contributed by atoms with Crippen LogP contribution in [0.5, 0.6) is 0 Å². The summed E-state index contributed by atoms with van der Waals surface area (Å²) in [6, 6.07) is 5.63. The molecule has 0 unspecified atom stereocenters. The van der Waals surface area contributed by atoms with E-state index in [1.807, 2.05) is 25.1 Å². The molecule has 0 saturated heterocycles. The van der Waals surface area contributed by atoms with Crippen LogP contribution in [-0.2, 0) is 0 Å². The van der Waals surface area contributed by atoms with Crippen molar-refractivity contribution in [3.8, 4) is 0 Å². The molecule has 0 aromatic carbocycles. The second kappa shape index (κ2) is 4.94. The molecule has 5 heteroatoms. The number of thiol groups is 1. The van der Waals surface area contributed by atoms with E-state index >= 15 is 0 Å². The standard InChI is InChI=1S/C8H9N3S2/c1-6(10-11-8(12)13)7-4-2-3-5-9-7/h2-5H,1H3,(H2,11,12,13). The lowest BCUT2D eigenvalue weighted by molar-refractivity contribution is 1.05. The Morgan fingerprint density at radius 1 is 1.62 bits per heavy atom. The van der Waals surface area contributed by atoms with E-state index in [9.17, 15) is 0 Å². The van der Waals surface area contributed by atoms with Gasteiger partial charge in [0.05, 0.1) is 11.4 Å². The Labute approximate surface area is 87.7 Å². The average Bonchev–Trinajstić information content (AvgIpc) is 2.15. The summed E-state index contributed by atoms with van der Waals surface area (Å²) in [7, 11) is 0. The molecule has 0 amide bonds. The molecule has 0 aliphatic carbocycles. The Morgan fingerprint density at radius 3 is 2.92 bits per heavy atom. The molecule has 1 rings (SSSR count). The van der Waals surface area contributed by atoms with Crippen LogP contribution in [0.2, 0.25) is 0 Å². The van der Waals surface area contributed by atoms with Gasteiger partial charge in [0.1, 0.15) is 0 Å². The van der Waals surface area contributed by atoms with Crippen LogP contribution >= 0.6 is 24.8 Å². The van der Waals surface area contributed by atoms with Crippen molar-refractivity contribution in [2.24, 2.45) is 5.10 Å². The summed E-state index contributed by atoms with van der Waals surface area (Å²) in [4.78, 5) is 4.12. The van der Waals surface area contributed by atoms with E-state index in [1.54, 1.807) is 6.20 Å². The Morgan fingerprint density at radius 2 is 2.38 bits per heavy atom. The quantitative estimate of drug-likeness (QED) is 0.338. The van der Waals surface area contributed by atoms with Gasteiger partial charge in [-0.1, -0.05) is 18.3 Å². The lowest BCUT2D eigenvalue weighted by Gasteiger charge is -1.99. The molecule has 3 nitrogen and oxygen atoms in total. The predicted molar refractivity (Wildman–Crippen MR) is 61.2 cm³/mol. The zero-order valence-electron chi connectivity index (χ0n) is 7.06. The van der Waals surface area contributed by atoms with Crippen LogP contribution in [0.1, 0.15) is 12.6 Å². The smallest absolute Gasteiger partial charge is 0.150 e. The maximum Gasteiger partial charge on any atom is 0.150 e. The highest BCUT2D eigenvalue weighted by Crippen LogP contribution is 1.95. The van der Waals surface area contributed by atoms with Crippen molar-refractivity contribution in [2.75, 3.05) is 0 Å². The van der Waals surface area contributed by atoms with Crippen LogP contribution in [0.3, 0.4) is 0 Å². The number of rotatable bonds is 2.